The first kappa shape index (κ1) is 15.8. The minimum atomic E-state index is -0.840. The van der Waals surface area contributed by atoms with E-state index >= 15 is 0 Å². The van der Waals surface area contributed by atoms with Crippen molar-refractivity contribution in [1.82, 2.24) is 0 Å². The van der Waals surface area contributed by atoms with E-state index in [4.69, 9.17) is 0 Å². The number of carbonyl (C=O) groups excluding carboxylic acids is 1. The molecule has 2 aromatic carbocycles. The fourth-order valence-electron chi connectivity index (χ4n) is 3.56. The maximum Gasteiger partial charge on any atom is 0.311 e. The Balaban J connectivity index is 1.79. The average Bonchev–Trinajstić information content (AvgIpc) is 3.04. The van der Waals surface area contributed by atoms with Crippen molar-refractivity contribution >= 4 is 39.0 Å². The molecule has 5 heteroatoms. The van der Waals surface area contributed by atoms with Crippen LogP contribution in [0.2, 0.25) is 0 Å². The summed E-state index contributed by atoms with van der Waals surface area (Å²) in [4.78, 5) is 27.3. The van der Waals surface area contributed by atoms with E-state index in [0.29, 0.717) is 22.5 Å². The zero-order valence-corrected chi connectivity index (χ0v) is 14.5. The summed E-state index contributed by atoms with van der Waals surface area (Å²) in [5.74, 6) is -1.48. The lowest BCUT2D eigenvalue weighted by Gasteiger charge is -2.37. The van der Waals surface area contributed by atoms with Crippen LogP contribution in [-0.4, -0.2) is 23.0 Å². The third kappa shape index (κ3) is 2.61. The number of benzene rings is 2. The number of para-hydroxylation sites is 1. The third-order valence-corrected chi connectivity index (χ3v) is 5.85. The number of hydrogen-bond acceptors (Lipinski definition) is 3. The van der Waals surface area contributed by atoms with Crippen molar-refractivity contribution in [2.45, 2.75) is 25.3 Å². The number of anilines is 1. The number of carboxylic acid groups (broad SMARTS) is 1. The second kappa shape index (κ2) is 6.01. The van der Waals surface area contributed by atoms with Gasteiger partial charge in [-0.2, -0.15) is 0 Å². The minimum absolute atomic E-state index is 0.0648. The van der Waals surface area contributed by atoms with E-state index in [9.17, 15) is 14.7 Å². The molecule has 1 aromatic heterocycles. The molecular formula is C20H17NO3S. The SMILES string of the molecule is C[C@H]1C[C@H](C(=O)O)c2ccccc2N1C(=O)c1cc2ccccc2s1. The highest BCUT2D eigenvalue weighted by Crippen LogP contribution is 2.40. The quantitative estimate of drug-likeness (QED) is 0.739. The van der Waals surface area contributed by atoms with Crippen molar-refractivity contribution in [3.05, 3.63) is 65.0 Å². The molecule has 1 aliphatic rings. The Morgan fingerprint density at radius 1 is 1.12 bits per heavy atom. The van der Waals surface area contributed by atoms with Crippen LogP contribution in [0.3, 0.4) is 0 Å². The molecule has 1 aliphatic heterocycles. The second-order valence-electron chi connectivity index (χ2n) is 6.36. The summed E-state index contributed by atoms with van der Waals surface area (Å²) in [7, 11) is 0. The molecule has 0 radical (unpaired) electrons. The van der Waals surface area contributed by atoms with Crippen LogP contribution in [0.5, 0.6) is 0 Å². The van der Waals surface area contributed by atoms with E-state index < -0.39 is 11.9 Å². The molecule has 1 amide bonds. The Morgan fingerprint density at radius 2 is 1.84 bits per heavy atom. The van der Waals surface area contributed by atoms with Gasteiger partial charge in [-0.25, -0.2) is 0 Å². The maximum atomic E-state index is 13.2. The first-order valence-electron chi connectivity index (χ1n) is 8.20. The molecule has 3 aromatic rings. The Hall–Kier alpha value is -2.66. The van der Waals surface area contributed by atoms with Crippen molar-refractivity contribution in [1.29, 1.82) is 0 Å². The van der Waals surface area contributed by atoms with Crippen molar-refractivity contribution < 1.29 is 14.7 Å². The predicted molar refractivity (Wildman–Crippen MR) is 99.5 cm³/mol. The van der Waals surface area contributed by atoms with Crippen molar-refractivity contribution in [2.75, 3.05) is 4.90 Å². The lowest BCUT2D eigenvalue weighted by Crippen LogP contribution is -2.44. The van der Waals surface area contributed by atoms with E-state index in [2.05, 4.69) is 0 Å². The number of rotatable bonds is 2. The molecule has 126 valence electrons. The van der Waals surface area contributed by atoms with Gasteiger partial charge in [-0.05, 0) is 42.5 Å². The first-order valence-corrected chi connectivity index (χ1v) is 9.02. The van der Waals surface area contributed by atoms with Crippen LogP contribution >= 0.6 is 11.3 Å². The van der Waals surface area contributed by atoms with Crippen LogP contribution in [0, 0.1) is 0 Å². The number of thiophene rings is 1. The zero-order chi connectivity index (χ0) is 17.6. The highest BCUT2D eigenvalue weighted by Gasteiger charge is 2.37. The van der Waals surface area contributed by atoms with Gasteiger partial charge in [-0.3, -0.25) is 9.59 Å². The van der Waals surface area contributed by atoms with Crippen molar-refractivity contribution in [3.8, 4) is 0 Å². The number of fused-ring (bicyclic) bond motifs is 2. The maximum absolute atomic E-state index is 13.2. The highest BCUT2D eigenvalue weighted by atomic mass is 32.1. The summed E-state index contributed by atoms with van der Waals surface area (Å²) < 4.78 is 1.08. The molecule has 0 bridgehead atoms. The smallest absolute Gasteiger partial charge is 0.311 e. The fraction of sp³-hybridized carbons (Fsp3) is 0.200. The molecule has 0 fully saturated rings. The molecule has 25 heavy (non-hydrogen) atoms. The number of hydrogen-bond donors (Lipinski definition) is 1. The summed E-state index contributed by atoms with van der Waals surface area (Å²) in [5, 5.41) is 10.6. The summed E-state index contributed by atoms with van der Waals surface area (Å²) in [6.45, 7) is 1.91. The molecule has 0 spiro atoms. The molecule has 0 unspecified atom stereocenters. The zero-order valence-electron chi connectivity index (χ0n) is 13.7. The molecule has 0 saturated heterocycles. The Morgan fingerprint density at radius 3 is 2.60 bits per heavy atom. The number of nitrogens with zero attached hydrogens (tertiary/aromatic N) is 1. The van der Waals surface area contributed by atoms with Crippen LogP contribution in [-0.2, 0) is 4.79 Å². The number of amides is 1. The molecule has 2 atom stereocenters. The number of carbonyl (C=O) groups is 2. The lowest BCUT2D eigenvalue weighted by molar-refractivity contribution is -0.139. The van der Waals surface area contributed by atoms with Crippen LogP contribution in [0.1, 0.15) is 34.5 Å². The van der Waals surface area contributed by atoms with E-state index in [0.717, 1.165) is 10.1 Å². The number of aliphatic carboxylic acids is 1. The second-order valence-corrected chi connectivity index (χ2v) is 7.44. The standard InChI is InChI=1S/C20H17NO3S/c1-12-10-15(20(23)24)14-7-3-4-8-16(14)21(12)19(22)18-11-13-6-2-5-9-17(13)25-18/h2-9,11-12,15H,10H2,1H3,(H,23,24)/t12-,15-/m0/s1. The Bertz CT molecular complexity index is 945. The van der Waals surface area contributed by atoms with Gasteiger partial charge in [-0.15, -0.1) is 11.3 Å². The van der Waals surface area contributed by atoms with Gasteiger partial charge in [0.25, 0.3) is 5.91 Å². The molecule has 1 N–H and O–H groups in total. The minimum Gasteiger partial charge on any atom is -0.481 e. The normalized spacial score (nSPS) is 19.6. The van der Waals surface area contributed by atoms with Gasteiger partial charge >= 0.3 is 5.97 Å². The summed E-state index contributed by atoms with van der Waals surface area (Å²) in [6, 6.07) is 17.0. The average molecular weight is 351 g/mol. The number of carboxylic acids is 1. The molecular weight excluding hydrogens is 334 g/mol. The van der Waals surface area contributed by atoms with E-state index in [1.54, 1.807) is 4.90 Å². The predicted octanol–water partition coefficient (Wildman–Crippen LogP) is 4.51. The first-order chi connectivity index (χ1) is 12.1. The van der Waals surface area contributed by atoms with E-state index in [1.807, 2.05) is 61.5 Å². The van der Waals surface area contributed by atoms with E-state index in [-0.39, 0.29) is 11.9 Å². The molecule has 4 rings (SSSR count). The molecule has 4 nitrogen and oxygen atoms in total. The highest BCUT2D eigenvalue weighted by molar-refractivity contribution is 7.20. The molecule has 2 heterocycles. The van der Waals surface area contributed by atoms with Gasteiger partial charge in [-0.1, -0.05) is 36.4 Å². The van der Waals surface area contributed by atoms with Crippen LogP contribution < -0.4 is 4.90 Å². The Labute approximate surface area is 149 Å². The molecule has 0 aliphatic carbocycles. The van der Waals surface area contributed by atoms with Gasteiger partial charge < -0.3 is 10.0 Å². The fourth-order valence-corrected chi connectivity index (χ4v) is 4.56. The Kier molecular flexibility index (Phi) is 3.81. The monoisotopic (exact) mass is 351 g/mol. The van der Waals surface area contributed by atoms with Gasteiger partial charge in [0.1, 0.15) is 0 Å². The van der Waals surface area contributed by atoms with Crippen LogP contribution in [0.25, 0.3) is 10.1 Å². The van der Waals surface area contributed by atoms with Crippen LogP contribution in [0.15, 0.2) is 54.6 Å². The van der Waals surface area contributed by atoms with Crippen LogP contribution in [0.4, 0.5) is 5.69 Å². The van der Waals surface area contributed by atoms with E-state index in [1.165, 1.54) is 11.3 Å². The lowest BCUT2D eigenvalue weighted by atomic mass is 9.86. The van der Waals surface area contributed by atoms with Crippen molar-refractivity contribution in [3.63, 3.8) is 0 Å². The summed E-state index contributed by atoms with van der Waals surface area (Å²) in [6.07, 6.45) is 0.420. The largest absolute Gasteiger partial charge is 0.481 e. The van der Waals surface area contributed by atoms with Gasteiger partial charge in [0.15, 0.2) is 0 Å². The van der Waals surface area contributed by atoms with Gasteiger partial charge in [0, 0.05) is 16.4 Å². The third-order valence-electron chi connectivity index (χ3n) is 4.74. The molecule has 0 saturated carbocycles. The van der Waals surface area contributed by atoms with Gasteiger partial charge in [0.2, 0.25) is 0 Å². The summed E-state index contributed by atoms with van der Waals surface area (Å²) in [5.41, 5.74) is 1.42. The van der Waals surface area contributed by atoms with Crippen molar-refractivity contribution in [2.24, 2.45) is 0 Å². The topological polar surface area (TPSA) is 57.6 Å². The summed E-state index contributed by atoms with van der Waals surface area (Å²) >= 11 is 1.48. The van der Waals surface area contributed by atoms with Gasteiger partial charge in [0.05, 0.1) is 10.8 Å².